The summed E-state index contributed by atoms with van der Waals surface area (Å²) in [6, 6.07) is 6.52. The van der Waals surface area contributed by atoms with Gasteiger partial charge in [0.15, 0.2) is 15.6 Å². The van der Waals surface area contributed by atoms with Crippen molar-refractivity contribution in [3.05, 3.63) is 29.8 Å². The highest BCUT2D eigenvalue weighted by molar-refractivity contribution is 7.92. The van der Waals surface area contributed by atoms with Crippen LogP contribution in [0.2, 0.25) is 0 Å². The molecule has 0 amide bonds. The quantitative estimate of drug-likeness (QED) is 0.712. The molecule has 18 heavy (non-hydrogen) atoms. The van der Waals surface area contributed by atoms with Gasteiger partial charge >= 0.3 is 0 Å². The van der Waals surface area contributed by atoms with Crippen LogP contribution >= 0.6 is 0 Å². The van der Waals surface area contributed by atoms with Crippen LogP contribution in [0.15, 0.2) is 24.3 Å². The highest BCUT2D eigenvalue weighted by atomic mass is 32.2. The maximum atomic E-state index is 11.8. The van der Waals surface area contributed by atoms with Gasteiger partial charge in [-0.05, 0) is 37.6 Å². The molecule has 5 heteroatoms. The summed E-state index contributed by atoms with van der Waals surface area (Å²) in [5.74, 6) is -0.0677. The summed E-state index contributed by atoms with van der Waals surface area (Å²) in [4.78, 5) is 11.8. The van der Waals surface area contributed by atoms with Crippen LogP contribution in [0.3, 0.4) is 0 Å². The Morgan fingerprint density at radius 1 is 1.17 bits per heavy atom. The average Bonchev–Trinajstić information content (AvgIpc) is 2.29. The monoisotopic (exact) mass is 270 g/mol. The summed E-state index contributed by atoms with van der Waals surface area (Å²) in [6.07, 6.45) is 0.527. The number of hydrogen-bond acceptors (Lipinski definition) is 4. The largest absolute Gasteiger partial charge is 0.494 e. The first kappa shape index (κ1) is 14.7. The number of carbonyl (C=O) groups is 1. The maximum absolute atomic E-state index is 11.8. The Morgan fingerprint density at radius 2 is 1.78 bits per heavy atom. The van der Waals surface area contributed by atoms with Gasteiger partial charge in [0.1, 0.15) is 11.5 Å². The lowest BCUT2D eigenvalue weighted by molar-refractivity contribution is 0.102. The molecule has 0 aromatic heterocycles. The van der Waals surface area contributed by atoms with E-state index in [9.17, 15) is 13.2 Å². The van der Waals surface area contributed by atoms with Gasteiger partial charge in [0.05, 0.1) is 12.4 Å². The highest BCUT2D eigenvalue weighted by Gasteiger charge is 2.16. The fraction of sp³-hybridized carbons (Fsp3) is 0.462. The molecule has 1 aromatic rings. The number of carbonyl (C=O) groups excluding carboxylic acids is 1. The standard InChI is InChI=1S/C13H18O4S/c1-3-9-18(15,16)10-13(14)11-5-7-12(8-6-11)17-4-2/h5-8H,3-4,9-10H2,1-2H3. The Balaban J connectivity index is 2.73. The lowest BCUT2D eigenvalue weighted by atomic mass is 10.1. The van der Waals surface area contributed by atoms with Crippen molar-refractivity contribution in [2.45, 2.75) is 20.3 Å². The number of ketones is 1. The second-order valence-electron chi connectivity index (χ2n) is 3.97. The first-order chi connectivity index (χ1) is 8.48. The lowest BCUT2D eigenvalue weighted by Gasteiger charge is -2.05. The minimum Gasteiger partial charge on any atom is -0.494 e. The van der Waals surface area contributed by atoms with E-state index in [0.29, 0.717) is 24.3 Å². The Labute approximate surface area is 108 Å². The lowest BCUT2D eigenvalue weighted by Crippen LogP contribution is -2.18. The van der Waals surface area contributed by atoms with E-state index in [1.165, 1.54) is 0 Å². The molecule has 1 aromatic carbocycles. The van der Waals surface area contributed by atoms with Crippen molar-refractivity contribution in [2.24, 2.45) is 0 Å². The van der Waals surface area contributed by atoms with Crippen LogP contribution in [0.25, 0.3) is 0 Å². The van der Waals surface area contributed by atoms with Gasteiger partial charge in [0.25, 0.3) is 0 Å². The third-order valence-corrected chi connectivity index (χ3v) is 4.09. The van der Waals surface area contributed by atoms with Gasteiger partial charge in [-0.15, -0.1) is 0 Å². The van der Waals surface area contributed by atoms with Gasteiger partial charge in [-0.2, -0.15) is 0 Å². The van der Waals surface area contributed by atoms with Gasteiger partial charge in [-0.1, -0.05) is 6.92 Å². The van der Waals surface area contributed by atoms with Gasteiger partial charge in [0, 0.05) is 5.56 Å². The van der Waals surface area contributed by atoms with Crippen molar-refractivity contribution in [2.75, 3.05) is 18.1 Å². The van der Waals surface area contributed by atoms with E-state index in [1.54, 1.807) is 31.2 Å². The summed E-state index contributed by atoms with van der Waals surface area (Å²) < 4.78 is 28.3. The topological polar surface area (TPSA) is 60.4 Å². The van der Waals surface area contributed by atoms with Crippen molar-refractivity contribution in [3.63, 3.8) is 0 Å². The molecule has 0 aliphatic carbocycles. The van der Waals surface area contributed by atoms with E-state index in [4.69, 9.17) is 4.74 Å². The van der Waals surface area contributed by atoms with Gasteiger partial charge in [0.2, 0.25) is 0 Å². The van der Waals surface area contributed by atoms with Crippen molar-refractivity contribution in [1.82, 2.24) is 0 Å². The molecule has 0 aliphatic heterocycles. The zero-order chi connectivity index (χ0) is 13.6. The predicted octanol–water partition coefficient (Wildman–Crippen LogP) is 2.09. The van der Waals surface area contributed by atoms with E-state index >= 15 is 0 Å². The second-order valence-corrected chi connectivity index (χ2v) is 6.16. The molecule has 0 spiro atoms. The molecule has 0 bridgehead atoms. The third kappa shape index (κ3) is 4.49. The van der Waals surface area contributed by atoms with Crippen LogP contribution in [0.4, 0.5) is 0 Å². The Hall–Kier alpha value is -1.36. The molecule has 0 atom stereocenters. The summed E-state index contributed by atoms with van der Waals surface area (Å²) in [5.41, 5.74) is 0.401. The van der Waals surface area contributed by atoms with Crippen molar-refractivity contribution in [3.8, 4) is 5.75 Å². The molecule has 0 heterocycles. The first-order valence-corrected chi connectivity index (χ1v) is 7.77. The minimum absolute atomic E-state index is 0.0514. The summed E-state index contributed by atoms with van der Waals surface area (Å²) >= 11 is 0. The SMILES string of the molecule is CCCS(=O)(=O)CC(=O)c1ccc(OCC)cc1. The summed E-state index contributed by atoms with van der Waals surface area (Å²) in [6.45, 7) is 4.20. The van der Waals surface area contributed by atoms with Gasteiger partial charge in [-0.3, -0.25) is 4.79 Å². The molecule has 0 saturated carbocycles. The highest BCUT2D eigenvalue weighted by Crippen LogP contribution is 2.13. The van der Waals surface area contributed by atoms with Gasteiger partial charge < -0.3 is 4.74 Å². The Morgan fingerprint density at radius 3 is 2.28 bits per heavy atom. The van der Waals surface area contributed by atoms with Crippen molar-refractivity contribution >= 4 is 15.6 Å². The van der Waals surface area contributed by atoms with E-state index in [2.05, 4.69) is 0 Å². The van der Waals surface area contributed by atoms with Crippen molar-refractivity contribution in [1.29, 1.82) is 0 Å². The van der Waals surface area contributed by atoms with E-state index in [-0.39, 0.29) is 11.5 Å². The smallest absolute Gasteiger partial charge is 0.177 e. The molecule has 100 valence electrons. The molecule has 0 unspecified atom stereocenters. The molecule has 0 aliphatic rings. The maximum Gasteiger partial charge on any atom is 0.177 e. The van der Waals surface area contributed by atoms with Gasteiger partial charge in [-0.25, -0.2) is 8.42 Å². The van der Waals surface area contributed by atoms with Crippen LogP contribution in [-0.2, 0) is 9.84 Å². The molecule has 0 fully saturated rings. The molecule has 0 saturated heterocycles. The molecular weight excluding hydrogens is 252 g/mol. The van der Waals surface area contributed by atoms with Crippen LogP contribution in [0, 0.1) is 0 Å². The fourth-order valence-corrected chi connectivity index (χ4v) is 2.90. The van der Waals surface area contributed by atoms with E-state index in [0.717, 1.165) is 0 Å². The number of hydrogen-bond donors (Lipinski definition) is 0. The Kier molecular flexibility index (Phi) is 5.34. The fourth-order valence-electron chi connectivity index (χ4n) is 1.57. The van der Waals surface area contributed by atoms with E-state index < -0.39 is 15.6 Å². The Bertz CT molecular complexity index is 488. The molecule has 0 N–H and O–H groups in total. The number of benzene rings is 1. The van der Waals surface area contributed by atoms with Crippen LogP contribution in [0.1, 0.15) is 30.6 Å². The first-order valence-electron chi connectivity index (χ1n) is 5.95. The average molecular weight is 270 g/mol. The summed E-state index contributed by atoms with van der Waals surface area (Å²) in [7, 11) is -3.28. The number of rotatable bonds is 7. The molecule has 4 nitrogen and oxygen atoms in total. The molecular formula is C13H18O4S. The number of sulfone groups is 1. The summed E-state index contributed by atoms with van der Waals surface area (Å²) in [5, 5.41) is 0. The normalized spacial score (nSPS) is 11.2. The number of Topliss-reactive ketones (excluding diaryl/α,β-unsaturated/α-hetero) is 1. The van der Waals surface area contributed by atoms with Crippen LogP contribution in [-0.4, -0.2) is 32.3 Å². The molecule has 0 radical (unpaired) electrons. The zero-order valence-electron chi connectivity index (χ0n) is 10.7. The minimum atomic E-state index is -3.28. The molecule has 1 rings (SSSR count). The third-order valence-electron chi connectivity index (χ3n) is 2.35. The van der Waals surface area contributed by atoms with Crippen molar-refractivity contribution < 1.29 is 17.9 Å². The zero-order valence-corrected chi connectivity index (χ0v) is 11.5. The number of ether oxygens (including phenoxy) is 1. The van der Waals surface area contributed by atoms with Crippen LogP contribution in [0.5, 0.6) is 5.75 Å². The predicted molar refractivity (Wildman–Crippen MR) is 70.9 cm³/mol. The van der Waals surface area contributed by atoms with Crippen LogP contribution < -0.4 is 4.74 Å². The second kappa shape index (κ2) is 6.54. The van der Waals surface area contributed by atoms with E-state index in [1.807, 2.05) is 6.92 Å².